The smallest absolute Gasteiger partial charge is 0.0286 e. The Kier molecular flexibility index (Phi) is 13.4. The standard InChI is InChI=1S/C17H36ClN/c1-4-5-6-7-8-9-10-11-12-13-14-19-16-17(2,3)15-18/h19H,4-16H2,1-3H3. The van der Waals surface area contributed by atoms with E-state index in [9.17, 15) is 0 Å². The lowest BCUT2D eigenvalue weighted by Gasteiger charge is -2.21. The highest BCUT2D eigenvalue weighted by Crippen LogP contribution is 2.15. The van der Waals surface area contributed by atoms with Gasteiger partial charge in [0.1, 0.15) is 0 Å². The van der Waals surface area contributed by atoms with Gasteiger partial charge in [-0.2, -0.15) is 0 Å². The third-order valence-corrected chi connectivity index (χ3v) is 4.40. The van der Waals surface area contributed by atoms with Gasteiger partial charge in [-0.25, -0.2) is 0 Å². The second kappa shape index (κ2) is 13.2. The van der Waals surface area contributed by atoms with Crippen LogP contribution in [0.1, 0.15) is 85.0 Å². The predicted octanol–water partition coefficient (Wildman–Crippen LogP) is 5.76. The van der Waals surface area contributed by atoms with Crippen LogP contribution in [0.2, 0.25) is 0 Å². The molecule has 1 nitrogen and oxygen atoms in total. The third-order valence-electron chi connectivity index (χ3n) is 3.67. The van der Waals surface area contributed by atoms with Crippen LogP contribution in [-0.2, 0) is 0 Å². The average Bonchev–Trinajstić information content (AvgIpc) is 2.40. The fourth-order valence-electron chi connectivity index (χ4n) is 2.21. The highest BCUT2D eigenvalue weighted by molar-refractivity contribution is 6.18. The van der Waals surface area contributed by atoms with E-state index in [2.05, 4.69) is 26.1 Å². The predicted molar refractivity (Wildman–Crippen MR) is 89.2 cm³/mol. The Morgan fingerprint density at radius 1 is 0.789 bits per heavy atom. The van der Waals surface area contributed by atoms with Crippen LogP contribution < -0.4 is 5.32 Å². The largest absolute Gasteiger partial charge is 0.316 e. The van der Waals surface area contributed by atoms with Crippen LogP contribution in [0.4, 0.5) is 0 Å². The van der Waals surface area contributed by atoms with Gasteiger partial charge < -0.3 is 5.32 Å². The Morgan fingerprint density at radius 2 is 1.26 bits per heavy atom. The maximum absolute atomic E-state index is 5.90. The molecule has 0 saturated heterocycles. The normalized spacial score (nSPS) is 12.0. The van der Waals surface area contributed by atoms with Gasteiger partial charge in [0.15, 0.2) is 0 Å². The zero-order chi connectivity index (χ0) is 14.4. The first-order valence-electron chi connectivity index (χ1n) is 8.39. The number of halogens is 1. The summed E-state index contributed by atoms with van der Waals surface area (Å²) in [7, 11) is 0. The van der Waals surface area contributed by atoms with Gasteiger partial charge in [0.25, 0.3) is 0 Å². The maximum atomic E-state index is 5.90. The molecule has 0 atom stereocenters. The summed E-state index contributed by atoms with van der Waals surface area (Å²) in [6, 6.07) is 0. The number of alkyl halides is 1. The van der Waals surface area contributed by atoms with Crippen LogP contribution >= 0.6 is 11.6 Å². The van der Waals surface area contributed by atoms with Crippen LogP contribution in [0.5, 0.6) is 0 Å². The molecule has 1 N–H and O–H groups in total. The fourth-order valence-corrected chi connectivity index (χ4v) is 2.31. The molecule has 0 aromatic rings. The molecule has 0 unspecified atom stereocenters. The van der Waals surface area contributed by atoms with Crippen LogP contribution in [-0.4, -0.2) is 19.0 Å². The number of hydrogen-bond donors (Lipinski definition) is 1. The van der Waals surface area contributed by atoms with Crippen molar-refractivity contribution >= 4 is 11.6 Å². The molecule has 0 aliphatic carbocycles. The summed E-state index contributed by atoms with van der Waals surface area (Å²) in [6.07, 6.45) is 14.1. The van der Waals surface area contributed by atoms with Crippen LogP contribution in [0, 0.1) is 5.41 Å². The number of hydrogen-bond acceptors (Lipinski definition) is 1. The Labute approximate surface area is 126 Å². The molecular formula is C17H36ClN. The lowest BCUT2D eigenvalue weighted by atomic mass is 9.96. The van der Waals surface area contributed by atoms with Crippen molar-refractivity contribution < 1.29 is 0 Å². The van der Waals surface area contributed by atoms with E-state index in [1.54, 1.807) is 0 Å². The van der Waals surface area contributed by atoms with Crippen LogP contribution in [0.3, 0.4) is 0 Å². The summed E-state index contributed by atoms with van der Waals surface area (Å²) < 4.78 is 0. The molecule has 0 heterocycles. The Balaban J connectivity index is 3.07. The van der Waals surface area contributed by atoms with Crippen molar-refractivity contribution in [3.63, 3.8) is 0 Å². The molecule has 116 valence electrons. The van der Waals surface area contributed by atoms with Gasteiger partial charge in [-0.05, 0) is 18.4 Å². The van der Waals surface area contributed by atoms with Gasteiger partial charge in [-0.1, -0.05) is 78.6 Å². The van der Waals surface area contributed by atoms with E-state index < -0.39 is 0 Å². The van der Waals surface area contributed by atoms with Gasteiger partial charge in [0.05, 0.1) is 0 Å². The molecule has 0 aromatic heterocycles. The molecule has 0 amide bonds. The highest BCUT2D eigenvalue weighted by atomic mass is 35.5. The highest BCUT2D eigenvalue weighted by Gasteiger charge is 2.14. The number of unbranched alkanes of at least 4 members (excludes halogenated alkanes) is 9. The topological polar surface area (TPSA) is 12.0 Å². The lowest BCUT2D eigenvalue weighted by Crippen LogP contribution is -2.31. The summed E-state index contributed by atoms with van der Waals surface area (Å²) in [6.45, 7) is 8.89. The first kappa shape index (κ1) is 19.2. The molecule has 0 rings (SSSR count). The minimum Gasteiger partial charge on any atom is -0.316 e. The molecule has 2 heteroatoms. The van der Waals surface area contributed by atoms with Gasteiger partial charge >= 0.3 is 0 Å². The Morgan fingerprint density at radius 3 is 1.74 bits per heavy atom. The lowest BCUT2D eigenvalue weighted by molar-refractivity contribution is 0.382. The van der Waals surface area contributed by atoms with Crippen molar-refractivity contribution in [3.05, 3.63) is 0 Å². The monoisotopic (exact) mass is 289 g/mol. The van der Waals surface area contributed by atoms with Gasteiger partial charge in [0, 0.05) is 12.4 Å². The zero-order valence-corrected chi connectivity index (χ0v) is 14.3. The minimum atomic E-state index is 0.236. The Hall–Kier alpha value is 0.250. The Bertz CT molecular complexity index is 180. The average molecular weight is 290 g/mol. The molecule has 0 aromatic carbocycles. The van der Waals surface area contributed by atoms with Crippen molar-refractivity contribution in [1.29, 1.82) is 0 Å². The van der Waals surface area contributed by atoms with Crippen molar-refractivity contribution in [2.45, 2.75) is 85.0 Å². The van der Waals surface area contributed by atoms with Gasteiger partial charge in [-0.15, -0.1) is 11.6 Å². The van der Waals surface area contributed by atoms with E-state index in [1.807, 2.05) is 0 Å². The number of rotatable bonds is 14. The molecule has 0 aliphatic heterocycles. The van der Waals surface area contributed by atoms with Crippen molar-refractivity contribution in [2.24, 2.45) is 5.41 Å². The van der Waals surface area contributed by atoms with Crippen molar-refractivity contribution in [1.82, 2.24) is 5.32 Å². The van der Waals surface area contributed by atoms with E-state index >= 15 is 0 Å². The van der Waals surface area contributed by atoms with Crippen LogP contribution in [0.25, 0.3) is 0 Å². The maximum Gasteiger partial charge on any atom is 0.0286 e. The molecule has 0 spiro atoms. The summed E-state index contributed by atoms with van der Waals surface area (Å²) in [5, 5.41) is 3.52. The first-order valence-corrected chi connectivity index (χ1v) is 8.92. The summed E-state index contributed by atoms with van der Waals surface area (Å²) in [4.78, 5) is 0. The summed E-state index contributed by atoms with van der Waals surface area (Å²) in [5.41, 5.74) is 0.236. The van der Waals surface area contributed by atoms with Gasteiger partial charge in [0.2, 0.25) is 0 Å². The molecule has 0 aliphatic rings. The van der Waals surface area contributed by atoms with E-state index in [0.29, 0.717) is 0 Å². The number of nitrogens with one attached hydrogen (secondary N) is 1. The van der Waals surface area contributed by atoms with Crippen molar-refractivity contribution in [3.8, 4) is 0 Å². The molecule has 0 saturated carbocycles. The van der Waals surface area contributed by atoms with E-state index in [4.69, 9.17) is 11.6 Å². The second-order valence-electron chi connectivity index (χ2n) is 6.66. The van der Waals surface area contributed by atoms with Crippen molar-refractivity contribution in [2.75, 3.05) is 19.0 Å². The first-order chi connectivity index (χ1) is 9.12. The van der Waals surface area contributed by atoms with Crippen LogP contribution in [0.15, 0.2) is 0 Å². The summed E-state index contributed by atoms with van der Waals surface area (Å²) in [5.74, 6) is 0.734. The molecule has 19 heavy (non-hydrogen) atoms. The molecular weight excluding hydrogens is 254 g/mol. The molecule has 0 radical (unpaired) electrons. The van der Waals surface area contributed by atoms with Gasteiger partial charge in [-0.3, -0.25) is 0 Å². The quantitative estimate of drug-likeness (QED) is 0.316. The fraction of sp³-hybridized carbons (Fsp3) is 1.00. The third kappa shape index (κ3) is 14.5. The SMILES string of the molecule is CCCCCCCCCCCCNCC(C)(C)CCl. The minimum absolute atomic E-state index is 0.236. The molecule has 0 bridgehead atoms. The zero-order valence-electron chi connectivity index (χ0n) is 13.6. The van der Waals surface area contributed by atoms with E-state index in [-0.39, 0.29) is 5.41 Å². The summed E-state index contributed by atoms with van der Waals surface area (Å²) >= 11 is 5.90. The second-order valence-corrected chi connectivity index (χ2v) is 6.92. The van der Waals surface area contributed by atoms with E-state index in [0.717, 1.165) is 19.0 Å². The van der Waals surface area contributed by atoms with E-state index in [1.165, 1.54) is 64.2 Å². The molecule has 0 fully saturated rings.